The molecule has 148 valence electrons. The van der Waals surface area contributed by atoms with Gasteiger partial charge in [-0.25, -0.2) is 13.4 Å². The highest BCUT2D eigenvalue weighted by Crippen LogP contribution is 2.32. The molecular formula is C17H13ClF3N3O3S. The summed E-state index contributed by atoms with van der Waals surface area (Å²) in [5.41, 5.74) is -0.596. The van der Waals surface area contributed by atoms with Crippen molar-refractivity contribution < 1.29 is 26.3 Å². The number of aromatic nitrogens is 3. The molecule has 1 aromatic carbocycles. The highest BCUT2D eigenvalue weighted by Gasteiger charge is 2.35. The van der Waals surface area contributed by atoms with Gasteiger partial charge in [0.2, 0.25) is 5.88 Å². The van der Waals surface area contributed by atoms with Gasteiger partial charge in [-0.1, -0.05) is 29.8 Å². The molecule has 0 atom stereocenters. The first-order valence-corrected chi connectivity index (χ1v) is 10.0. The lowest BCUT2D eigenvalue weighted by atomic mass is 10.2. The summed E-state index contributed by atoms with van der Waals surface area (Å²) in [4.78, 5) is 3.82. The highest BCUT2D eigenvalue weighted by atomic mass is 35.5. The normalized spacial score (nSPS) is 12.2. The van der Waals surface area contributed by atoms with Gasteiger partial charge in [-0.15, -0.1) is 0 Å². The first kappa shape index (κ1) is 20.2. The van der Waals surface area contributed by atoms with Gasteiger partial charge in [-0.05, 0) is 18.2 Å². The Kier molecular flexibility index (Phi) is 5.35. The Morgan fingerprint density at radius 3 is 2.46 bits per heavy atom. The predicted octanol–water partition coefficient (Wildman–Crippen LogP) is 3.92. The van der Waals surface area contributed by atoms with Gasteiger partial charge in [-0.2, -0.15) is 23.0 Å². The van der Waals surface area contributed by atoms with Crippen LogP contribution in [0.3, 0.4) is 0 Å². The Balaban J connectivity index is 1.97. The molecule has 0 aliphatic carbocycles. The largest absolute Gasteiger partial charge is 0.473 e. The molecule has 11 heteroatoms. The molecule has 3 rings (SSSR count). The lowest BCUT2D eigenvalue weighted by molar-refractivity contribution is -0.141. The Morgan fingerprint density at radius 2 is 1.89 bits per heavy atom. The molecule has 0 saturated carbocycles. The summed E-state index contributed by atoms with van der Waals surface area (Å²) in [5, 5.41) is 3.90. The molecule has 0 unspecified atom stereocenters. The molecule has 0 aliphatic heterocycles. The van der Waals surface area contributed by atoms with E-state index in [1.165, 1.54) is 12.1 Å². The number of rotatable bonds is 5. The van der Waals surface area contributed by atoms with Gasteiger partial charge in [0.25, 0.3) is 0 Å². The second-order valence-corrected chi connectivity index (χ2v) is 8.20. The molecule has 0 spiro atoms. The first-order chi connectivity index (χ1) is 13.1. The van der Waals surface area contributed by atoms with Gasteiger partial charge in [0, 0.05) is 29.1 Å². The van der Waals surface area contributed by atoms with Crippen LogP contribution in [0.4, 0.5) is 13.2 Å². The Hall–Kier alpha value is -2.59. The van der Waals surface area contributed by atoms with Crippen molar-refractivity contribution in [1.29, 1.82) is 0 Å². The molecule has 0 fully saturated rings. The third-order valence-electron chi connectivity index (χ3n) is 3.67. The maximum Gasteiger partial charge on any atom is 0.435 e. The zero-order valence-electron chi connectivity index (χ0n) is 14.3. The maximum absolute atomic E-state index is 13.1. The fraction of sp³-hybridized carbons (Fsp3) is 0.176. The average molecular weight is 432 g/mol. The summed E-state index contributed by atoms with van der Waals surface area (Å²) in [6.45, 7) is -0.0932. The minimum Gasteiger partial charge on any atom is -0.473 e. The van der Waals surface area contributed by atoms with E-state index in [0.29, 0.717) is 10.6 Å². The van der Waals surface area contributed by atoms with Crippen LogP contribution < -0.4 is 4.74 Å². The number of nitrogens with zero attached hydrogens (tertiary/aromatic N) is 3. The van der Waals surface area contributed by atoms with Crippen LogP contribution in [0, 0.1) is 0 Å². The molecule has 28 heavy (non-hydrogen) atoms. The number of halogens is 4. The minimum absolute atomic E-state index is 0.0305. The van der Waals surface area contributed by atoms with Crippen molar-refractivity contribution in [1.82, 2.24) is 14.8 Å². The van der Waals surface area contributed by atoms with Crippen LogP contribution in [0.15, 0.2) is 53.6 Å². The van der Waals surface area contributed by atoms with E-state index in [-0.39, 0.29) is 23.2 Å². The van der Waals surface area contributed by atoms with Crippen LogP contribution >= 0.6 is 11.6 Å². The van der Waals surface area contributed by atoms with E-state index in [9.17, 15) is 21.6 Å². The van der Waals surface area contributed by atoms with Crippen LogP contribution in [0.2, 0.25) is 5.02 Å². The molecule has 0 bridgehead atoms. The molecule has 0 N–H and O–H groups in total. The van der Waals surface area contributed by atoms with Gasteiger partial charge in [-0.3, -0.25) is 0 Å². The van der Waals surface area contributed by atoms with E-state index in [1.54, 1.807) is 24.3 Å². The Morgan fingerprint density at radius 1 is 1.18 bits per heavy atom. The van der Waals surface area contributed by atoms with E-state index in [2.05, 4.69) is 10.1 Å². The number of pyridine rings is 1. The van der Waals surface area contributed by atoms with E-state index < -0.39 is 21.7 Å². The first-order valence-electron chi connectivity index (χ1n) is 7.75. The quantitative estimate of drug-likeness (QED) is 0.612. The van der Waals surface area contributed by atoms with Crippen molar-refractivity contribution >= 4 is 21.4 Å². The predicted molar refractivity (Wildman–Crippen MR) is 95.3 cm³/mol. The third kappa shape index (κ3) is 4.45. The third-order valence-corrected chi connectivity index (χ3v) is 5.13. The zero-order valence-corrected chi connectivity index (χ0v) is 15.9. The molecule has 2 heterocycles. The smallest absolute Gasteiger partial charge is 0.435 e. The zero-order chi connectivity index (χ0) is 20.5. The van der Waals surface area contributed by atoms with Crippen LogP contribution in [0.5, 0.6) is 5.88 Å². The average Bonchev–Trinajstić information content (AvgIpc) is 3.05. The SMILES string of the molecule is CS(=O)(=O)c1ccc(-n2nc(C(F)(F)F)cc2OCc2ccccc2Cl)nc1. The van der Waals surface area contributed by atoms with Gasteiger partial charge in [0.1, 0.15) is 6.61 Å². The second kappa shape index (κ2) is 7.44. The fourth-order valence-electron chi connectivity index (χ4n) is 2.25. The number of hydrogen-bond donors (Lipinski definition) is 0. The number of hydrogen-bond acceptors (Lipinski definition) is 5. The van der Waals surface area contributed by atoms with Crippen molar-refractivity contribution in [2.24, 2.45) is 0 Å². The monoisotopic (exact) mass is 431 g/mol. The van der Waals surface area contributed by atoms with E-state index >= 15 is 0 Å². The molecular weight excluding hydrogens is 419 g/mol. The molecule has 3 aromatic rings. The minimum atomic E-state index is -4.69. The van der Waals surface area contributed by atoms with E-state index in [0.717, 1.165) is 23.2 Å². The molecule has 2 aromatic heterocycles. The summed E-state index contributed by atoms with van der Waals surface area (Å²) in [6.07, 6.45) is -2.66. The number of benzene rings is 1. The number of alkyl halides is 3. The van der Waals surface area contributed by atoms with Crippen molar-refractivity contribution in [3.8, 4) is 11.7 Å². The van der Waals surface area contributed by atoms with Gasteiger partial charge < -0.3 is 4.74 Å². The van der Waals surface area contributed by atoms with Gasteiger partial charge >= 0.3 is 6.18 Å². The standard InChI is InChI=1S/C17H13ClF3N3O3S/c1-28(25,26)12-6-7-15(22-9-12)24-16(8-14(23-24)17(19,20)21)27-10-11-4-2-3-5-13(11)18/h2-9H,10H2,1H3. The summed E-state index contributed by atoms with van der Waals surface area (Å²) in [7, 11) is -3.50. The number of ether oxygens (including phenoxy) is 1. The lowest BCUT2D eigenvalue weighted by Gasteiger charge is -2.10. The molecule has 6 nitrogen and oxygen atoms in total. The van der Waals surface area contributed by atoms with Crippen molar-refractivity contribution in [2.45, 2.75) is 17.7 Å². The van der Waals surface area contributed by atoms with Crippen molar-refractivity contribution in [3.63, 3.8) is 0 Å². The fourth-order valence-corrected chi connectivity index (χ4v) is 3.00. The van der Waals surface area contributed by atoms with Gasteiger partial charge in [0.15, 0.2) is 21.3 Å². The van der Waals surface area contributed by atoms with Crippen molar-refractivity contribution in [2.75, 3.05) is 6.26 Å². The lowest BCUT2D eigenvalue weighted by Crippen LogP contribution is -2.09. The molecule has 0 radical (unpaired) electrons. The Bertz CT molecular complexity index is 1100. The van der Waals surface area contributed by atoms with Crippen LogP contribution in [-0.2, 0) is 22.6 Å². The van der Waals surface area contributed by atoms with E-state index in [4.69, 9.17) is 16.3 Å². The summed E-state index contributed by atoms with van der Waals surface area (Å²) in [5.74, 6) is -0.246. The number of sulfone groups is 1. The molecule has 0 aliphatic rings. The second-order valence-electron chi connectivity index (χ2n) is 5.78. The Labute approximate surface area is 163 Å². The van der Waals surface area contributed by atoms with Crippen molar-refractivity contribution in [3.05, 3.63) is 64.9 Å². The van der Waals surface area contributed by atoms with E-state index in [1.807, 2.05) is 0 Å². The highest BCUT2D eigenvalue weighted by molar-refractivity contribution is 7.90. The summed E-state index contributed by atoms with van der Waals surface area (Å²) in [6, 6.07) is 9.94. The van der Waals surface area contributed by atoms with Crippen LogP contribution in [-0.4, -0.2) is 29.4 Å². The van der Waals surface area contributed by atoms with Crippen LogP contribution in [0.25, 0.3) is 5.82 Å². The molecule has 0 amide bonds. The topological polar surface area (TPSA) is 74.1 Å². The maximum atomic E-state index is 13.1. The van der Waals surface area contributed by atoms with Crippen LogP contribution in [0.1, 0.15) is 11.3 Å². The van der Waals surface area contributed by atoms with Gasteiger partial charge in [0.05, 0.1) is 4.90 Å². The molecule has 0 saturated heterocycles. The summed E-state index contributed by atoms with van der Waals surface area (Å²) < 4.78 is 68.7. The summed E-state index contributed by atoms with van der Waals surface area (Å²) >= 11 is 6.03.